The Morgan fingerprint density at radius 3 is 1.86 bits per heavy atom. The molecule has 8 nitrogen and oxygen atoms in total. The second-order valence-electron chi connectivity index (χ2n) is 15.4. The SMILES string of the molecule is Cc1cc(N2[CH-]N(c3[c-]c(Oc4[c-]c5c(cc4-c4nc(-c6ccccc6)nc(-c6ccccc6)n4)c4ccccc4n5-c4ccccn4)ccc3)c3ccccc32)cc(C)c1C.[Pt]. The van der Waals surface area contributed by atoms with Gasteiger partial charge in [0.15, 0.2) is 11.6 Å². The number of hydrogen-bond acceptors (Lipinski definition) is 7. The molecule has 0 fully saturated rings. The minimum absolute atomic E-state index is 0. The van der Waals surface area contributed by atoms with E-state index in [1.54, 1.807) is 6.20 Å². The first-order valence-electron chi connectivity index (χ1n) is 20.6. The molecule has 0 N–H and O–H groups in total. The summed E-state index contributed by atoms with van der Waals surface area (Å²) < 4.78 is 9.12. The number of fused-ring (bicyclic) bond motifs is 4. The first kappa shape index (κ1) is 39.7. The van der Waals surface area contributed by atoms with Crippen molar-refractivity contribution in [2.45, 2.75) is 20.8 Å². The van der Waals surface area contributed by atoms with Crippen LogP contribution in [0.4, 0.5) is 22.7 Å². The number of rotatable bonds is 8. The van der Waals surface area contributed by atoms with Crippen LogP contribution in [0.5, 0.6) is 11.5 Å². The zero-order valence-electron chi connectivity index (χ0n) is 34.6. The quantitative estimate of drug-likeness (QED) is 0.140. The molecule has 10 aromatic rings. The zero-order chi connectivity index (χ0) is 41.7. The molecule has 3 aromatic heterocycles. The monoisotopic (exact) mass is 995 g/mol. The van der Waals surface area contributed by atoms with Crippen LogP contribution < -0.4 is 14.5 Å². The fourth-order valence-corrected chi connectivity index (χ4v) is 8.23. The molecule has 0 radical (unpaired) electrons. The van der Waals surface area contributed by atoms with E-state index in [1.165, 1.54) is 16.7 Å². The number of para-hydroxylation sites is 3. The van der Waals surface area contributed by atoms with Crippen LogP contribution in [0, 0.1) is 39.6 Å². The Hall–Kier alpha value is -7.41. The summed E-state index contributed by atoms with van der Waals surface area (Å²) in [6.07, 6.45) is 1.80. The van der Waals surface area contributed by atoms with Crippen molar-refractivity contribution in [3.05, 3.63) is 205 Å². The molecule has 0 unspecified atom stereocenters. The maximum Gasteiger partial charge on any atom is 0.162 e. The number of aromatic nitrogens is 5. The minimum Gasteiger partial charge on any atom is -0.508 e. The molecule has 0 saturated heterocycles. The van der Waals surface area contributed by atoms with Gasteiger partial charge in [0.05, 0.1) is 0 Å². The Labute approximate surface area is 380 Å². The molecule has 0 saturated carbocycles. The summed E-state index contributed by atoms with van der Waals surface area (Å²) in [4.78, 5) is 24.4. The summed E-state index contributed by atoms with van der Waals surface area (Å²) in [6, 6.07) is 62.5. The summed E-state index contributed by atoms with van der Waals surface area (Å²) in [5.74, 6) is 3.28. The Morgan fingerprint density at radius 1 is 0.556 bits per heavy atom. The van der Waals surface area contributed by atoms with Gasteiger partial charge in [-0.3, -0.25) is 0 Å². The minimum atomic E-state index is 0. The van der Waals surface area contributed by atoms with Crippen molar-refractivity contribution < 1.29 is 25.8 Å². The van der Waals surface area contributed by atoms with Gasteiger partial charge in [-0.25, -0.2) is 19.9 Å². The van der Waals surface area contributed by atoms with Crippen molar-refractivity contribution in [2.75, 3.05) is 9.80 Å². The Kier molecular flexibility index (Phi) is 10.4. The number of pyridine rings is 1. The first-order valence-corrected chi connectivity index (χ1v) is 20.6. The van der Waals surface area contributed by atoms with Crippen LogP contribution in [0.25, 0.3) is 61.8 Å². The van der Waals surface area contributed by atoms with Crippen molar-refractivity contribution in [2.24, 2.45) is 0 Å². The number of aryl methyl sites for hydroxylation is 2. The van der Waals surface area contributed by atoms with Crippen LogP contribution in [0.15, 0.2) is 170 Å². The molecule has 1 aliphatic rings. The van der Waals surface area contributed by atoms with Crippen LogP contribution in [-0.4, -0.2) is 24.5 Å². The molecular weight excluding hydrogens is 958 g/mol. The van der Waals surface area contributed by atoms with Crippen molar-refractivity contribution in [3.63, 3.8) is 0 Å². The van der Waals surface area contributed by atoms with E-state index in [2.05, 4.69) is 115 Å². The topological polar surface area (TPSA) is 72.2 Å². The van der Waals surface area contributed by atoms with Gasteiger partial charge in [-0.1, -0.05) is 103 Å². The van der Waals surface area contributed by atoms with Crippen LogP contribution in [0.2, 0.25) is 0 Å². The van der Waals surface area contributed by atoms with Gasteiger partial charge in [-0.05, 0) is 90.9 Å². The predicted octanol–water partition coefficient (Wildman–Crippen LogP) is 13.1. The smallest absolute Gasteiger partial charge is 0.162 e. The van der Waals surface area contributed by atoms with E-state index in [-0.39, 0.29) is 21.1 Å². The summed E-state index contributed by atoms with van der Waals surface area (Å²) >= 11 is 0. The fraction of sp³-hybridized carbons (Fsp3) is 0.0556. The summed E-state index contributed by atoms with van der Waals surface area (Å²) in [6.45, 7) is 8.63. The molecule has 0 bridgehead atoms. The number of benzene rings is 7. The van der Waals surface area contributed by atoms with Gasteiger partial charge in [0.1, 0.15) is 11.6 Å². The second-order valence-corrected chi connectivity index (χ2v) is 15.4. The standard InChI is InChI=1S/C54H38N7O.Pt/c1-35-29-41(30-36(2)37(35)3)60-34-59(47-25-12-13-26-48(47)60)40-21-16-22-42(31-40)62-50-33-49-44(43-23-10-11-24-46(43)61(49)51-27-14-15-28-55-51)32-45(50)54-57-52(38-17-6-4-7-18-38)56-53(58-54)39-19-8-5-9-20-39;/h4-30,32,34H,1-3H3;/q-3;. The Balaban J connectivity index is 0.00000471. The third kappa shape index (κ3) is 7.22. The third-order valence-electron chi connectivity index (χ3n) is 11.5. The van der Waals surface area contributed by atoms with E-state index in [4.69, 9.17) is 24.7 Å². The fourth-order valence-electron chi connectivity index (χ4n) is 8.23. The number of anilines is 4. The summed E-state index contributed by atoms with van der Waals surface area (Å²) in [5, 5.41) is 2.00. The Morgan fingerprint density at radius 2 is 1.17 bits per heavy atom. The van der Waals surface area contributed by atoms with Gasteiger partial charge in [0.25, 0.3) is 0 Å². The maximum atomic E-state index is 6.99. The van der Waals surface area contributed by atoms with Gasteiger partial charge >= 0.3 is 0 Å². The van der Waals surface area contributed by atoms with Crippen molar-refractivity contribution in [3.8, 4) is 51.5 Å². The molecule has 0 atom stereocenters. The van der Waals surface area contributed by atoms with E-state index in [9.17, 15) is 0 Å². The van der Waals surface area contributed by atoms with Gasteiger partial charge in [0.2, 0.25) is 0 Å². The first-order chi connectivity index (χ1) is 30.5. The third-order valence-corrected chi connectivity index (χ3v) is 11.5. The number of hydrogen-bond donors (Lipinski definition) is 0. The molecule has 11 rings (SSSR count). The molecular formula is C54H38N7OPt-3. The zero-order valence-corrected chi connectivity index (χ0v) is 36.9. The average molecular weight is 996 g/mol. The van der Waals surface area contributed by atoms with Gasteiger partial charge in [0, 0.05) is 72.5 Å². The molecule has 4 heterocycles. The predicted molar refractivity (Wildman–Crippen MR) is 248 cm³/mol. The molecule has 0 spiro atoms. The summed E-state index contributed by atoms with van der Waals surface area (Å²) in [5.41, 5.74) is 12.1. The van der Waals surface area contributed by atoms with Crippen LogP contribution in [0.1, 0.15) is 16.7 Å². The molecule has 1 aliphatic heterocycles. The van der Waals surface area contributed by atoms with Crippen LogP contribution >= 0.6 is 0 Å². The van der Waals surface area contributed by atoms with Crippen LogP contribution in [-0.2, 0) is 21.1 Å². The van der Waals surface area contributed by atoms with E-state index in [0.717, 1.165) is 61.5 Å². The largest absolute Gasteiger partial charge is 0.508 e. The molecule has 308 valence electrons. The van der Waals surface area contributed by atoms with E-state index < -0.39 is 0 Å². The summed E-state index contributed by atoms with van der Waals surface area (Å²) in [7, 11) is 0. The molecule has 0 amide bonds. The van der Waals surface area contributed by atoms with Crippen molar-refractivity contribution in [1.82, 2.24) is 24.5 Å². The Bertz CT molecular complexity index is 3220. The average Bonchev–Trinajstić information content (AvgIpc) is 3.87. The van der Waals surface area contributed by atoms with Crippen LogP contribution in [0.3, 0.4) is 0 Å². The molecule has 0 aliphatic carbocycles. The maximum absolute atomic E-state index is 6.99. The van der Waals surface area contributed by atoms with Gasteiger partial charge in [-0.15, -0.1) is 48.1 Å². The van der Waals surface area contributed by atoms with Gasteiger partial charge < -0.3 is 19.1 Å². The van der Waals surface area contributed by atoms with E-state index in [0.29, 0.717) is 34.5 Å². The number of nitrogens with zero attached hydrogens (tertiary/aromatic N) is 7. The molecule has 7 aromatic carbocycles. The van der Waals surface area contributed by atoms with E-state index in [1.807, 2.05) is 103 Å². The van der Waals surface area contributed by atoms with E-state index >= 15 is 0 Å². The molecule has 63 heavy (non-hydrogen) atoms. The second kappa shape index (κ2) is 16.5. The van der Waals surface area contributed by atoms with Crippen molar-refractivity contribution >= 4 is 44.6 Å². The number of ether oxygens (including phenoxy) is 1. The normalized spacial score (nSPS) is 12.1. The molecule has 9 heteroatoms. The van der Waals surface area contributed by atoms with Gasteiger partial charge in [-0.2, -0.15) is 6.07 Å². The van der Waals surface area contributed by atoms with Crippen molar-refractivity contribution in [1.29, 1.82) is 0 Å².